The molecular weight excluding hydrogens is 529 g/mol. The number of halogens is 1. The van der Waals surface area contributed by atoms with Crippen LogP contribution in [-0.2, 0) is 17.8 Å². The Kier molecular flexibility index (Phi) is 11.7. The summed E-state index contributed by atoms with van der Waals surface area (Å²) in [6, 6.07) is 18.2. The van der Waals surface area contributed by atoms with Gasteiger partial charge in [-0.15, -0.1) is 24.0 Å². The number of hydrogen-bond acceptors (Lipinski definition) is 4. The van der Waals surface area contributed by atoms with E-state index in [1.54, 1.807) is 7.11 Å². The number of rotatable bonds is 11. The summed E-state index contributed by atoms with van der Waals surface area (Å²) in [5.74, 6) is 1.61. The van der Waals surface area contributed by atoms with Crippen LogP contribution in [-0.4, -0.2) is 42.6 Å². The number of ether oxygens (including phenoxy) is 2. The van der Waals surface area contributed by atoms with E-state index in [0.717, 1.165) is 60.4 Å². The lowest BCUT2D eigenvalue weighted by Crippen LogP contribution is -2.38. The molecule has 7 nitrogen and oxygen atoms in total. The second-order valence-electron chi connectivity index (χ2n) is 7.37. The SMILES string of the molecule is CCOCCCNC(=NCc1ccc(OC)cc1)NCc1ccccc1-n1ccc(C)n1.I. The summed E-state index contributed by atoms with van der Waals surface area (Å²) in [5, 5.41) is 11.4. The van der Waals surface area contributed by atoms with Crippen LogP contribution < -0.4 is 15.4 Å². The van der Waals surface area contributed by atoms with Gasteiger partial charge in [-0.05, 0) is 55.7 Å². The average molecular weight is 563 g/mol. The summed E-state index contributed by atoms with van der Waals surface area (Å²) in [6.45, 7) is 7.47. The first-order valence-corrected chi connectivity index (χ1v) is 11.0. The lowest BCUT2D eigenvalue weighted by molar-refractivity contribution is 0.145. The zero-order chi connectivity index (χ0) is 22.6. The lowest BCUT2D eigenvalue weighted by Gasteiger charge is -2.15. The predicted octanol–water partition coefficient (Wildman–Crippen LogP) is 4.47. The lowest BCUT2D eigenvalue weighted by atomic mass is 10.2. The van der Waals surface area contributed by atoms with Gasteiger partial charge in [0.25, 0.3) is 0 Å². The molecule has 0 unspecified atom stereocenters. The van der Waals surface area contributed by atoms with Crippen molar-refractivity contribution < 1.29 is 9.47 Å². The van der Waals surface area contributed by atoms with Crippen molar-refractivity contribution in [1.29, 1.82) is 0 Å². The van der Waals surface area contributed by atoms with Crippen molar-refractivity contribution in [3.63, 3.8) is 0 Å². The Morgan fingerprint density at radius 2 is 1.85 bits per heavy atom. The quantitative estimate of drug-likeness (QED) is 0.156. The van der Waals surface area contributed by atoms with Crippen LogP contribution in [0.3, 0.4) is 0 Å². The third kappa shape index (κ3) is 8.70. The van der Waals surface area contributed by atoms with Crippen LogP contribution in [0.4, 0.5) is 0 Å². The van der Waals surface area contributed by atoms with E-state index in [9.17, 15) is 0 Å². The van der Waals surface area contributed by atoms with Crippen molar-refractivity contribution in [3.8, 4) is 11.4 Å². The van der Waals surface area contributed by atoms with E-state index in [4.69, 9.17) is 14.5 Å². The van der Waals surface area contributed by atoms with Crippen molar-refractivity contribution in [2.24, 2.45) is 4.99 Å². The molecule has 0 aliphatic carbocycles. The van der Waals surface area contributed by atoms with Gasteiger partial charge in [0.05, 0.1) is 25.0 Å². The first-order chi connectivity index (χ1) is 15.7. The summed E-state index contributed by atoms with van der Waals surface area (Å²) >= 11 is 0. The van der Waals surface area contributed by atoms with Gasteiger partial charge < -0.3 is 20.1 Å². The van der Waals surface area contributed by atoms with Gasteiger partial charge in [0.2, 0.25) is 0 Å². The maximum Gasteiger partial charge on any atom is 0.191 e. The van der Waals surface area contributed by atoms with Crippen LogP contribution in [0.25, 0.3) is 5.69 Å². The molecule has 0 fully saturated rings. The molecule has 0 saturated heterocycles. The number of para-hydroxylation sites is 1. The van der Waals surface area contributed by atoms with Crippen LogP contribution in [0.15, 0.2) is 65.8 Å². The molecule has 1 aromatic heterocycles. The Morgan fingerprint density at radius 1 is 1.06 bits per heavy atom. The monoisotopic (exact) mass is 563 g/mol. The smallest absolute Gasteiger partial charge is 0.191 e. The van der Waals surface area contributed by atoms with Crippen molar-refractivity contribution in [2.45, 2.75) is 33.4 Å². The Balaban J connectivity index is 0.00000385. The molecule has 2 aromatic carbocycles. The molecule has 3 aromatic rings. The highest BCUT2D eigenvalue weighted by atomic mass is 127. The Labute approximate surface area is 213 Å². The summed E-state index contributed by atoms with van der Waals surface area (Å²) in [5.41, 5.74) is 4.31. The number of nitrogens with zero attached hydrogens (tertiary/aromatic N) is 3. The fraction of sp³-hybridized carbons (Fsp3) is 0.360. The largest absolute Gasteiger partial charge is 0.497 e. The molecule has 0 atom stereocenters. The van der Waals surface area contributed by atoms with E-state index >= 15 is 0 Å². The zero-order valence-electron chi connectivity index (χ0n) is 19.6. The molecule has 33 heavy (non-hydrogen) atoms. The van der Waals surface area contributed by atoms with Crippen molar-refractivity contribution >= 4 is 29.9 Å². The second kappa shape index (κ2) is 14.5. The maximum absolute atomic E-state index is 5.44. The molecule has 0 radical (unpaired) electrons. The van der Waals surface area contributed by atoms with Gasteiger partial charge >= 0.3 is 0 Å². The third-order valence-corrected chi connectivity index (χ3v) is 4.95. The average Bonchev–Trinajstić information content (AvgIpc) is 3.26. The molecule has 1 heterocycles. The molecule has 178 valence electrons. The second-order valence-corrected chi connectivity index (χ2v) is 7.37. The summed E-state index contributed by atoms with van der Waals surface area (Å²) in [4.78, 5) is 4.78. The molecule has 0 saturated carbocycles. The van der Waals surface area contributed by atoms with Crippen LogP contribution in [0.2, 0.25) is 0 Å². The summed E-state index contributed by atoms with van der Waals surface area (Å²) in [6.07, 6.45) is 2.90. The van der Waals surface area contributed by atoms with E-state index in [-0.39, 0.29) is 24.0 Å². The van der Waals surface area contributed by atoms with Crippen LogP contribution in [0.5, 0.6) is 5.75 Å². The molecule has 2 N–H and O–H groups in total. The van der Waals surface area contributed by atoms with E-state index < -0.39 is 0 Å². The highest BCUT2D eigenvalue weighted by Gasteiger charge is 2.07. The number of nitrogens with one attached hydrogen (secondary N) is 2. The summed E-state index contributed by atoms with van der Waals surface area (Å²) in [7, 11) is 1.67. The molecule has 0 bridgehead atoms. The fourth-order valence-electron chi connectivity index (χ4n) is 3.21. The highest BCUT2D eigenvalue weighted by Crippen LogP contribution is 2.14. The van der Waals surface area contributed by atoms with Gasteiger partial charge in [-0.25, -0.2) is 9.67 Å². The van der Waals surface area contributed by atoms with Gasteiger partial charge in [-0.2, -0.15) is 5.10 Å². The standard InChI is InChI=1S/C25H33N5O2.HI/c1-4-32-17-7-15-26-25(27-18-21-10-12-23(31-3)13-11-21)28-19-22-8-5-6-9-24(22)30-16-14-20(2)29-30;/h5-6,8-14,16H,4,7,15,17-19H2,1-3H3,(H2,26,27,28);1H. The van der Waals surface area contributed by atoms with Gasteiger partial charge in [0, 0.05) is 32.5 Å². The van der Waals surface area contributed by atoms with Gasteiger partial charge in [0.1, 0.15) is 5.75 Å². The minimum absolute atomic E-state index is 0. The van der Waals surface area contributed by atoms with Gasteiger partial charge in [-0.3, -0.25) is 0 Å². The Hall–Kier alpha value is -2.59. The number of guanidine groups is 1. The highest BCUT2D eigenvalue weighted by molar-refractivity contribution is 14.0. The van der Waals surface area contributed by atoms with E-state index in [0.29, 0.717) is 13.1 Å². The van der Waals surface area contributed by atoms with Crippen LogP contribution in [0, 0.1) is 6.92 Å². The molecule has 8 heteroatoms. The van der Waals surface area contributed by atoms with E-state index in [1.807, 2.05) is 67.2 Å². The fourth-order valence-corrected chi connectivity index (χ4v) is 3.21. The Morgan fingerprint density at radius 3 is 2.55 bits per heavy atom. The molecule has 0 spiro atoms. The van der Waals surface area contributed by atoms with E-state index in [2.05, 4.69) is 27.9 Å². The topological polar surface area (TPSA) is 72.7 Å². The molecule has 0 aliphatic rings. The van der Waals surface area contributed by atoms with Crippen LogP contribution >= 0.6 is 24.0 Å². The first kappa shape index (κ1) is 26.7. The number of hydrogen-bond donors (Lipinski definition) is 2. The minimum Gasteiger partial charge on any atom is -0.497 e. The van der Waals surface area contributed by atoms with Gasteiger partial charge in [0.15, 0.2) is 5.96 Å². The third-order valence-electron chi connectivity index (χ3n) is 4.95. The van der Waals surface area contributed by atoms with Crippen molar-refractivity contribution in [2.75, 3.05) is 26.9 Å². The number of benzene rings is 2. The predicted molar refractivity (Wildman–Crippen MR) is 144 cm³/mol. The number of aliphatic imine (C=N–C) groups is 1. The number of aromatic nitrogens is 2. The Bertz CT molecular complexity index is 988. The van der Waals surface area contributed by atoms with Crippen molar-refractivity contribution in [1.82, 2.24) is 20.4 Å². The number of aryl methyl sites for hydroxylation is 1. The van der Waals surface area contributed by atoms with Crippen LogP contribution in [0.1, 0.15) is 30.2 Å². The zero-order valence-corrected chi connectivity index (χ0v) is 21.9. The normalized spacial score (nSPS) is 11.1. The molecule has 0 aliphatic heterocycles. The first-order valence-electron chi connectivity index (χ1n) is 11.0. The number of methoxy groups -OCH3 is 1. The van der Waals surface area contributed by atoms with Gasteiger partial charge in [-0.1, -0.05) is 30.3 Å². The minimum atomic E-state index is 0. The maximum atomic E-state index is 5.44. The van der Waals surface area contributed by atoms with E-state index in [1.165, 1.54) is 0 Å². The summed E-state index contributed by atoms with van der Waals surface area (Å²) < 4.78 is 12.6. The molecule has 0 amide bonds. The molecular formula is C25H34IN5O2. The molecule has 3 rings (SSSR count). The van der Waals surface area contributed by atoms with Crippen molar-refractivity contribution in [3.05, 3.63) is 77.6 Å².